The van der Waals surface area contributed by atoms with Crippen LogP contribution in [0.4, 0.5) is 17.6 Å². The van der Waals surface area contributed by atoms with Gasteiger partial charge in [0.15, 0.2) is 11.5 Å². The maximum absolute atomic E-state index is 14.3. The third-order valence-electron chi connectivity index (χ3n) is 8.38. The summed E-state index contributed by atoms with van der Waals surface area (Å²) >= 11 is 0. The van der Waals surface area contributed by atoms with E-state index in [0.29, 0.717) is 24.2 Å². The molecule has 1 aromatic rings. The van der Waals surface area contributed by atoms with Gasteiger partial charge >= 0.3 is 12.6 Å². The largest absolute Gasteiger partial charge is 0.432 e. The monoisotopic (exact) mass is 482 g/mol. The van der Waals surface area contributed by atoms with E-state index < -0.39 is 35.7 Å². The Labute approximate surface area is 198 Å². The Hall–Kier alpha value is -2.05. The summed E-state index contributed by atoms with van der Waals surface area (Å²) in [6, 6.07) is 1.82. The number of rotatable bonds is 6. The normalized spacial score (nSPS) is 31.9. The van der Waals surface area contributed by atoms with Gasteiger partial charge in [-0.3, -0.25) is 4.79 Å². The smallest absolute Gasteiger partial charge is 0.387 e. The number of halogens is 4. The molecule has 0 spiro atoms. The van der Waals surface area contributed by atoms with Gasteiger partial charge in [0.05, 0.1) is 5.92 Å². The average molecular weight is 483 g/mol. The number of carbonyl (C=O) groups excluding carboxylic acids is 1. The molecule has 3 aliphatic carbocycles. The van der Waals surface area contributed by atoms with Crippen molar-refractivity contribution in [3.05, 3.63) is 35.9 Å². The lowest BCUT2D eigenvalue weighted by molar-refractivity contribution is -0.144. The Morgan fingerprint density at radius 3 is 2.29 bits per heavy atom. The maximum Gasteiger partial charge on any atom is 0.387 e. The summed E-state index contributed by atoms with van der Waals surface area (Å²) < 4.78 is 62.3. The first-order valence-electron chi connectivity index (χ1n) is 12.6. The summed E-state index contributed by atoms with van der Waals surface area (Å²) in [4.78, 5) is 13.0. The van der Waals surface area contributed by atoms with Gasteiger partial charge in [-0.1, -0.05) is 25.0 Å². The van der Waals surface area contributed by atoms with Crippen molar-refractivity contribution in [3.63, 3.8) is 0 Å². The Morgan fingerprint density at radius 2 is 1.59 bits per heavy atom. The molecule has 7 heteroatoms. The molecule has 0 aliphatic heterocycles. The van der Waals surface area contributed by atoms with Gasteiger partial charge in [-0.2, -0.15) is 17.6 Å². The van der Waals surface area contributed by atoms with Crippen LogP contribution in [0.25, 0.3) is 0 Å². The lowest BCUT2D eigenvalue weighted by Crippen LogP contribution is -2.40. The van der Waals surface area contributed by atoms with Crippen molar-refractivity contribution in [1.82, 2.24) is 0 Å². The van der Waals surface area contributed by atoms with Gasteiger partial charge in [0.1, 0.15) is 0 Å². The molecule has 188 valence electrons. The molecular formula is C27H34F4O3. The second-order valence-electron chi connectivity index (χ2n) is 10.2. The van der Waals surface area contributed by atoms with Crippen LogP contribution in [0, 0.1) is 47.1 Å². The molecule has 3 nitrogen and oxygen atoms in total. The predicted molar refractivity (Wildman–Crippen MR) is 121 cm³/mol. The summed E-state index contributed by atoms with van der Waals surface area (Å²) in [5.74, 6) is -2.63. The first-order chi connectivity index (χ1) is 16.4. The zero-order valence-corrected chi connectivity index (χ0v) is 19.7. The van der Waals surface area contributed by atoms with E-state index in [1.54, 1.807) is 0 Å². The van der Waals surface area contributed by atoms with Crippen LogP contribution in [-0.2, 0) is 4.79 Å². The van der Waals surface area contributed by atoms with Crippen molar-refractivity contribution < 1.29 is 31.8 Å². The van der Waals surface area contributed by atoms with E-state index >= 15 is 0 Å². The van der Waals surface area contributed by atoms with Crippen LogP contribution in [0.3, 0.4) is 0 Å². The molecular weight excluding hydrogens is 448 g/mol. The van der Waals surface area contributed by atoms with Crippen molar-refractivity contribution in [2.75, 3.05) is 0 Å². The minimum atomic E-state index is -3.28. The van der Waals surface area contributed by atoms with Gasteiger partial charge in [-0.25, -0.2) is 0 Å². The van der Waals surface area contributed by atoms with E-state index in [-0.39, 0.29) is 11.8 Å². The Kier molecular flexibility index (Phi) is 8.20. The molecule has 0 amide bonds. The molecule has 3 fully saturated rings. The number of allylic oxidation sites excluding steroid dienone is 2. The second kappa shape index (κ2) is 11.1. The Bertz CT molecular complexity index is 879. The molecule has 0 bridgehead atoms. The fraction of sp³-hybridized carbons (Fsp3) is 0.667. The third-order valence-corrected chi connectivity index (χ3v) is 8.38. The zero-order chi connectivity index (χ0) is 24.2. The van der Waals surface area contributed by atoms with Gasteiger partial charge in [-0.05, 0) is 100 Å². The van der Waals surface area contributed by atoms with E-state index in [2.05, 4.69) is 23.8 Å². The van der Waals surface area contributed by atoms with Crippen molar-refractivity contribution in [1.29, 1.82) is 0 Å². The standard InChI is InChI=1S/C27H34F4O3/c1-2-4-16-7-9-17(10-8-16)18-11-12-20-19(15-18)5-3-6-21(20)26(32)33-22-13-14-23(34-27(30)31)25(29)24(22)28/h2,4,13-14,16-21,27H,3,5-12,15H2,1H3/b4-2+. The molecule has 0 radical (unpaired) electrons. The van der Waals surface area contributed by atoms with Gasteiger partial charge in [0.2, 0.25) is 11.6 Å². The molecule has 3 aliphatic rings. The van der Waals surface area contributed by atoms with E-state index in [4.69, 9.17) is 4.74 Å². The topological polar surface area (TPSA) is 35.5 Å². The molecule has 3 saturated carbocycles. The Balaban J connectivity index is 1.36. The molecule has 0 heterocycles. The van der Waals surface area contributed by atoms with Crippen LogP contribution in [-0.4, -0.2) is 12.6 Å². The molecule has 34 heavy (non-hydrogen) atoms. The number of hydrogen-bond donors (Lipinski definition) is 0. The number of carbonyl (C=O) groups is 1. The molecule has 4 unspecified atom stereocenters. The summed E-state index contributed by atoms with van der Waals surface area (Å²) in [7, 11) is 0. The molecule has 0 aromatic heterocycles. The van der Waals surface area contributed by atoms with Crippen molar-refractivity contribution in [3.8, 4) is 11.5 Å². The summed E-state index contributed by atoms with van der Waals surface area (Å²) in [5, 5.41) is 0. The molecule has 0 saturated heterocycles. The first kappa shape index (κ1) is 25.1. The minimum Gasteiger partial charge on any atom is -0.432 e. The van der Waals surface area contributed by atoms with Gasteiger partial charge in [0, 0.05) is 0 Å². The number of esters is 1. The highest BCUT2D eigenvalue weighted by molar-refractivity contribution is 5.75. The van der Waals surface area contributed by atoms with E-state index in [9.17, 15) is 22.4 Å². The van der Waals surface area contributed by atoms with Gasteiger partial charge in [-0.15, -0.1) is 0 Å². The molecule has 4 atom stereocenters. The fourth-order valence-electron chi connectivity index (χ4n) is 6.77. The average Bonchev–Trinajstić information content (AvgIpc) is 2.83. The number of alkyl halides is 2. The quantitative estimate of drug-likeness (QED) is 0.180. The lowest BCUT2D eigenvalue weighted by atomic mass is 9.59. The van der Waals surface area contributed by atoms with Crippen LogP contribution in [0.1, 0.15) is 71.1 Å². The highest BCUT2D eigenvalue weighted by Gasteiger charge is 2.43. The number of fused-ring (bicyclic) bond motifs is 1. The van der Waals surface area contributed by atoms with Crippen LogP contribution >= 0.6 is 0 Å². The summed E-state index contributed by atoms with van der Waals surface area (Å²) in [6.45, 7) is -1.19. The summed E-state index contributed by atoms with van der Waals surface area (Å²) in [6.07, 6.45) is 15.5. The number of hydrogen-bond acceptors (Lipinski definition) is 3. The zero-order valence-electron chi connectivity index (χ0n) is 19.7. The second-order valence-corrected chi connectivity index (χ2v) is 10.2. The molecule has 1 aromatic carbocycles. The van der Waals surface area contributed by atoms with E-state index in [1.165, 1.54) is 25.7 Å². The van der Waals surface area contributed by atoms with Crippen LogP contribution < -0.4 is 9.47 Å². The molecule has 0 N–H and O–H groups in total. The van der Waals surface area contributed by atoms with E-state index in [0.717, 1.165) is 50.2 Å². The van der Waals surface area contributed by atoms with Crippen LogP contribution in [0.5, 0.6) is 11.5 Å². The number of ether oxygens (including phenoxy) is 2. The molecule has 4 rings (SSSR count). The maximum atomic E-state index is 14.3. The van der Waals surface area contributed by atoms with Crippen molar-refractivity contribution in [2.45, 2.75) is 77.7 Å². The predicted octanol–water partition coefficient (Wildman–Crippen LogP) is 7.69. The number of benzene rings is 1. The van der Waals surface area contributed by atoms with Crippen molar-refractivity contribution in [2.24, 2.45) is 35.5 Å². The van der Waals surface area contributed by atoms with Crippen LogP contribution in [0.2, 0.25) is 0 Å². The third kappa shape index (κ3) is 5.60. The van der Waals surface area contributed by atoms with Crippen molar-refractivity contribution >= 4 is 5.97 Å². The minimum absolute atomic E-state index is 0.200. The highest BCUT2D eigenvalue weighted by Crippen LogP contribution is 2.50. The van der Waals surface area contributed by atoms with E-state index in [1.807, 2.05) is 0 Å². The first-order valence-corrected chi connectivity index (χ1v) is 12.6. The Morgan fingerprint density at radius 1 is 0.912 bits per heavy atom. The van der Waals surface area contributed by atoms with Crippen LogP contribution in [0.15, 0.2) is 24.3 Å². The SMILES string of the molecule is C/C=C/C1CCC(C2CCC3C(CCCC3C(=O)Oc3ccc(OC(F)F)c(F)c3F)C2)CC1. The van der Waals surface area contributed by atoms with Gasteiger partial charge in [0.25, 0.3) is 0 Å². The lowest BCUT2D eigenvalue weighted by Gasteiger charge is -2.45. The van der Waals surface area contributed by atoms with Gasteiger partial charge < -0.3 is 9.47 Å². The summed E-state index contributed by atoms with van der Waals surface area (Å²) in [5.41, 5.74) is 0. The fourth-order valence-corrected chi connectivity index (χ4v) is 6.77. The highest BCUT2D eigenvalue weighted by atomic mass is 19.3.